The summed E-state index contributed by atoms with van der Waals surface area (Å²) in [6.45, 7) is 6.91. The summed E-state index contributed by atoms with van der Waals surface area (Å²) in [6, 6.07) is 14.6. The molecule has 3 rings (SSSR count). The molecular weight excluding hydrogens is 362 g/mol. The van der Waals surface area contributed by atoms with Gasteiger partial charge in [0.1, 0.15) is 11.6 Å². The molecule has 5 N–H and O–H groups in total. The molecule has 0 atom stereocenters. The molecule has 0 saturated carbocycles. The summed E-state index contributed by atoms with van der Waals surface area (Å²) in [4.78, 5) is 7.13. The minimum atomic E-state index is 0.240. The van der Waals surface area contributed by atoms with Gasteiger partial charge in [-0.15, -0.1) is 0 Å². The molecule has 2 aromatic heterocycles. The number of furan rings is 1. The number of rotatable bonds is 9. The van der Waals surface area contributed by atoms with Gasteiger partial charge >= 0.3 is 0 Å². The largest absolute Gasteiger partial charge is 0.464 e. The minimum Gasteiger partial charge on any atom is -0.464 e. The fourth-order valence-electron chi connectivity index (χ4n) is 3.41. The Hall–Kier alpha value is -2.67. The Morgan fingerprint density at radius 1 is 1.14 bits per heavy atom. The van der Waals surface area contributed by atoms with Crippen LogP contribution in [-0.4, -0.2) is 36.1 Å². The fourth-order valence-corrected chi connectivity index (χ4v) is 3.41. The van der Waals surface area contributed by atoms with Crippen molar-refractivity contribution >= 4 is 5.82 Å². The lowest BCUT2D eigenvalue weighted by atomic mass is 10.0. The Labute approximate surface area is 172 Å². The van der Waals surface area contributed by atoms with Crippen molar-refractivity contribution in [1.82, 2.24) is 9.88 Å². The Morgan fingerprint density at radius 3 is 2.62 bits per heavy atom. The number of nitrogens with one attached hydrogen (secondary N) is 1. The van der Waals surface area contributed by atoms with Crippen LogP contribution in [-0.2, 0) is 13.1 Å². The van der Waals surface area contributed by atoms with Crippen LogP contribution in [0.5, 0.6) is 0 Å². The van der Waals surface area contributed by atoms with Crippen LogP contribution in [0.3, 0.4) is 0 Å². The number of hydrogen-bond donors (Lipinski definition) is 3. The zero-order chi connectivity index (χ0) is 20.8. The maximum atomic E-state index is 6.09. The molecule has 6 heteroatoms. The SMILES string of the molecule is CC(C)Nc1nc(-c2cccc(CN(C)CCN)c2)cc(-c2ccco2)c1CN. The minimum absolute atomic E-state index is 0.240. The van der Waals surface area contributed by atoms with Gasteiger partial charge in [0.05, 0.1) is 12.0 Å². The summed E-state index contributed by atoms with van der Waals surface area (Å²) in [5.74, 6) is 1.59. The van der Waals surface area contributed by atoms with Gasteiger partial charge in [0.15, 0.2) is 0 Å². The molecule has 0 radical (unpaired) electrons. The average molecular weight is 394 g/mol. The summed E-state index contributed by atoms with van der Waals surface area (Å²) in [5.41, 5.74) is 16.9. The van der Waals surface area contributed by atoms with Gasteiger partial charge in [0, 0.05) is 48.9 Å². The topological polar surface area (TPSA) is 93.3 Å². The third kappa shape index (κ3) is 5.23. The van der Waals surface area contributed by atoms with Crippen molar-refractivity contribution in [3.63, 3.8) is 0 Å². The molecule has 0 amide bonds. The molecule has 3 aromatic rings. The van der Waals surface area contributed by atoms with Crippen molar-refractivity contribution in [2.75, 3.05) is 25.5 Å². The van der Waals surface area contributed by atoms with Gasteiger partial charge in [-0.3, -0.25) is 0 Å². The molecule has 6 nitrogen and oxygen atoms in total. The molecule has 0 spiro atoms. The number of nitrogens with zero attached hydrogens (tertiary/aromatic N) is 2. The van der Waals surface area contributed by atoms with Crippen LogP contribution in [0.4, 0.5) is 5.82 Å². The monoisotopic (exact) mass is 393 g/mol. The maximum Gasteiger partial charge on any atom is 0.134 e. The number of aromatic nitrogens is 1. The van der Waals surface area contributed by atoms with Crippen molar-refractivity contribution in [3.8, 4) is 22.6 Å². The summed E-state index contributed by atoms with van der Waals surface area (Å²) in [7, 11) is 2.08. The summed E-state index contributed by atoms with van der Waals surface area (Å²) >= 11 is 0. The van der Waals surface area contributed by atoms with Crippen molar-refractivity contribution < 1.29 is 4.42 Å². The molecule has 0 aliphatic heterocycles. The highest BCUT2D eigenvalue weighted by atomic mass is 16.3. The second kappa shape index (κ2) is 9.69. The Bertz CT molecular complexity index is 921. The van der Waals surface area contributed by atoms with E-state index in [0.29, 0.717) is 13.1 Å². The highest BCUT2D eigenvalue weighted by Crippen LogP contribution is 2.33. The molecule has 0 fully saturated rings. The smallest absolute Gasteiger partial charge is 0.134 e. The summed E-state index contributed by atoms with van der Waals surface area (Å²) in [6.07, 6.45) is 1.68. The van der Waals surface area contributed by atoms with Crippen LogP contribution >= 0.6 is 0 Å². The molecule has 154 valence electrons. The van der Waals surface area contributed by atoms with Gasteiger partial charge in [0.2, 0.25) is 0 Å². The van der Waals surface area contributed by atoms with Crippen LogP contribution in [0.1, 0.15) is 25.0 Å². The van der Waals surface area contributed by atoms with Crippen LogP contribution in [0.15, 0.2) is 53.1 Å². The Balaban J connectivity index is 2.06. The van der Waals surface area contributed by atoms with E-state index in [4.69, 9.17) is 20.9 Å². The zero-order valence-corrected chi connectivity index (χ0v) is 17.5. The van der Waals surface area contributed by atoms with Gasteiger partial charge in [-0.2, -0.15) is 0 Å². The molecule has 0 aliphatic rings. The third-order valence-corrected chi connectivity index (χ3v) is 4.73. The van der Waals surface area contributed by atoms with E-state index in [1.807, 2.05) is 12.1 Å². The molecular formula is C23H31N5O. The van der Waals surface area contributed by atoms with E-state index >= 15 is 0 Å². The molecule has 0 bridgehead atoms. The third-order valence-electron chi connectivity index (χ3n) is 4.73. The van der Waals surface area contributed by atoms with E-state index in [-0.39, 0.29) is 6.04 Å². The quantitative estimate of drug-likeness (QED) is 0.513. The standard InChI is InChI=1S/C23H31N5O/c1-16(2)26-23-20(14-25)19(22-8-5-11-29-22)13-21(27-23)18-7-4-6-17(12-18)15-28(3)10-9-24/h4-8,11-13,16H,9-10,14-15,24-25H2,1-3H3,(H,26,27). The summed E-state index contributed by atoms with van der Waals surface area (Å²) < 4.78 is 5.69. The van der Waals surface area contributed by atoms with E-state index in [1.165, 1.54) is 5.56 Å². The van der Waals surface area contributed by atoms with E-state index in [2.05, 4.69) is 61.4 Å². The predicted octanol–water partition coefficient (Wildman–Crippen LogP) is 3.68. The van der Waals surface area contributed by atoms with Gasteiger partial charge in [0.25, 0.3) is 0 Å². The number of hydrogen-bond acceptors (Lipinski definition) is 6. The first-order valence-electron chi connectivity index (χ1n) is 10.0. The van der Waals surface area contributed by atoms with Crippen LogP contribution in [0.25, 0.3) is 22.6 Å². The summed E-state index contributed by atoms with van der Waals surface area (Å²) in [5, 5.41) is 3.45. The lowest BCUT2D eigenvalue weighted by molar-refractivity contribution is 0.336. The fraction of sp³-hybridized carbons (Fsp3) is 0.348. The lowest BCUT2D eigenvalue weighted by Gasteiger charge is -2.18. The Morgan fingerprint density at radius 2 is 1.97 bits per heavy atom. The number of nitrogens with two attached hydrogens (primary N) is 2. The first kappa shape index (κ1) is 21.0. The molecule has 0 unspecified atom stereocenters. The number of likely N-dealkylation sites (N-methyl/N-ethyl adjacent to an activating group) is 1. The van der Waals surface area contributed by atoms with Gasteiger partial charge < -0.3 is 26.1 Å². The molecule has 1 aromatic carbocycles. The van der Waals surface area contributed by atoms with E-state index in [9.17, 15) is 0 Å². The van der Waals surface area contributed by atoms with Crippen LogP contribution in [0, 0.1) is 0 Å². The predicted molar refractivity (Wildman–Crippen MR) is 119 cm³/mol. The highest BCUT2D eigenvalue weighted by molar-refractivity contribution is 5.76. The zero-order valence-electron chi connectivity index (χ0n) is 17.5. The van der Waals surface area contributed by atoms with Crippen LogP contribution < -0.4 is 16.8 Å². The number of anilines is 1. The van der Waals surface area contributed by atoms with Gasteiger partial charge in [-0.05, 0) is 50.7 Å². The van der Waals surface area contributed by atoms with Gasteiger partial charge in [-0.25, -0.2) is 4.98 Å². The molecule has 0 aliphatic carbocycles. The molecule has 2 heterocycles. The van der Waals surface area contributed by atoms with Crippen molar-refractivity contribution in [2.24, 2.45) is 11.5 Å². The van der Waals surface area contributed by atoms with Gasteiger partial charge in [-0.1, -0.05) is 18.2 Å². The first-order chi connectivity index (χ1) is 14.0. The normalized spacial score (nSPS) is 11.4. The van der Waals surface area contributed by atoms with Crippen molar-refractivity contribution in [1.29, 1.82) is 0 Å². The van der Waals surface area contributed by atoms with E-state index < -0.39 is 0 Å². The number of benzene rings is 1. The van der Waals surface area contributed by atoms with Crippen molar-refractivity contribution in [2.45, 2.75) is 33.0 Å². The van der Waals surface area contributed by atoms with E-state index in [1.54, 1.807) is 6.26 Å². The first-order valence-corrected chi connectivity index (χ1v) is 10.0. The molecule has 29 heavy (non-hydrogen) atoms. The van der Waals surface area contributed by atoms with Crippen LogP contribution in [0.2, 0.25) is 0 Å². The average Bonchev–Trinajstić information content (AvgIpc) is 3.22. The Kier molecular flexibility index (Phi) is 7.04. The number of pyridine rings is 1. The van der Waals surface area contributed by atoms with Crippen molar-refractivity contribution in [3.05, 3.63) is 59.9 Å². The highest BCUT2D eigenvalue weighted by Gasteiger charge is 2.17. The maximum absolute atomic E-state index is 6.09. The van der Waals surface area contributed by atoms with E-state index in [0.717, 1.165) is 47.1 Å². The molecule has 0 saturated heterocycles. The second-order valence-corrected chi connectivity index (χ2v) is 7.59. The lowest BCUT2D eigenvalue weighted by Crippen LogP contribution is -2.24. The second-order valence-electron chi connectivity index (χ2n) is 7.59.